The highest BCUT2D eigenvalue weighted by atomic mass is 19.4. The molecule has 1 unspecified atom stereocenters. The standard InChI is InChI=1S/C17H24F3N3O/c18-17(19,20)16-10-14(3-6-21-16)23-7-1-2-13(12-23)11-22-8-4-15(24)5-9-22/h3,6,10,13,15,24H,1-2,4-5,7-9,11-12H2. The van der Waals surface area contributed by atoms with Crippen molar-refractivity contribution in [1.29, 1.82) is 0 Å². The highest BCUT2D eigenvalue weighted by Gasteiger charge is 2.33. The minimum atomic E-state index is -4.40. The summed E-state index contributed by atoms with van der Waals surface area (Å²) < 4.78 is 38.5. The molecule has 0 saturated carbocycles. The van der Waals surface area contributed by atoms with Crippen LogP contribution in [0, 0.1) is 5.92 Å². The van der Waals surface area contributed by atoms with Crippen LogP contribution < -0.4 is 4.90 Å². The first kappa shape index (κ1) is 17.5. The Morgan fingerprint density at radius 1 is 1.17 bits per heavy atom. The lowest BCUT2D eigenvalue weighted by atomic mass is 9.95. The molecule has 1 aromatic heterocycles. The van der Waals surface area contributed by atoms with E-state index in [0.717, 1.165) is 64.5 Å². The topological polar surface area (TPSA) is 39.6 Å². The summed E-state index contributed by atoms with van der Waals surface area (Å²) in [5.41, 5.74) is -0.219. The number of aliphatic hydroxyl groups excluding tert-OH is 1. The van der Waals surface area contributed by atoms with Crippen molar-refractivity contribution in [1.82, 2.24) is 9.88 Å². The molecule has 4 nitrogen and oxygen atoms in total. The van der Waals surface area contributed by atoms with Gasteiger partial charge in [-0.15, -0.1) is 0 Å². The molecule has 0 aromatic carbocycles. The minimum Gasteiger partial charge on any atom is -0.393 e. The SMILES string of the molecule is OC1CCN(CC2CCCN(c3ccnc(C(F)(F)F)c3)C2)CC1. The molecule has 0 spiro atoms. The average Bonchev–Trinajstić information content (AvgIpc) is 2.57. The molecule has 0 amide bonds. The number of aromatic nitrogens is 1. The Morgan fingerprint density at radius 3 is 2.62 bits per heavy atom. The molecule has 7 heteroatoms. The van der Waals surface area contributed by atoms with Gasteiger partial charge in [-0.25, -0.2) is 0 Å². The predicted octanol–water partition coefficient (Wildman–Crippen LogP) is 2.77. The fraction of sp³-hybridized carbons (Fsp3) is 0.706. The van der Waals surface area contributed by atoms with Crippen molar-refractivity contribution in [2.45, 2.75) is 38.0 Å². The minimum absolute atomic E-state index is 0.179. The van der Waals surface area contributed by atoms with E-state index in [-0.39, 0.29) is 6.10 Å². The Balaban J connectivity index is 1.61. The van der Waals surface area contributed by atoms with E-state index >= 15 is 0 Å². The zero-order valence-corrected chi connectivity index (χ0v) is 13.7. The van der Waals surface area contributed by atoms with Gasteiger partial charge < -0.3 is 14.9 Å². The maximum atomic E-state index is 12.8. The summed E-state index contributed by atoms with van der Waals surface area (Å²) in [5.74, 6) is 0.455. The van der Waals surface area contributed by atoms with Crippen LogP contribution in [-0.4, -0.2) is 53.8 Å². The van der Waals surface area contributed by atoms with Gasteiger partial charge in [0.15, 0.2) is 0 Å². The van der Waals surface area contributed by atoms with Crippen LogP contribution in [0.15, 0.2) is 18.3 Å². The van der Waals surface area contributed by atoms with E-state index in [4.69, 9.17) is 0 Å². The lowest BCUT2D eigenvalue weighted by Crippen LogP contribution is -2.44. The normalized spacial score (nSPS) is 24.3. The summed E-state index contributed by atoms with van der Waals surface area (Å²) in [6, 6.07) is 2.81. The second-order valence-electron chi connectivity index (χ2n) is 6.88. The average molecular weight is 343 g/mol. The molecule has 1 aromatic rings. The quantitative estimate of drug-likeness (QED) is 0.916. The molecule has 0 aliphatic carbocycles. The van der Waals surface area contributed by atoms with Gasteiger partial charge in [0.2, 0.25) is 0 Å². The van der Waals surface area contributed by atoms with Gasteiger partial charge in [-0.1, -0.05) is 0 Å². The first-order valence-electron chi connectivity index (χ1n) is 8.60. The maximum Gasteiger partial charge on any atom is 0.433 e. The summed E-state index contributed by atoms with van der Waals surface area (Å²) in [6.07, 6.45) is 0.387. The zero-order chi connectivity index (χ0) is 17.2. The van der Waals surface area contributed by atoms with Crippen molar-refractivity contribution in [3.8, 4) is 0 Å². The molecular formula is C17H24F3N3O. The number of nitrogens with zero attached hydrogens (tertiary/aromatic N) is 3. The van der Waals surface area contributed by atoms with E-state index < -0.39 is 11.9 Å². The Morgan fingerprint density at radius 2 is 1.92 bits per heavy atom. The van der Waals surface area contributed by atoms with Gasteiger partial charge >= 0.3 is 6.18 Å². The van der Waals surface area contributed by atoms with Crippen molar-refractivity contribution in [3.05, 3.63) is 24.0 Å². The number of anilines is 1. The Labute approximate surface area is 140 Å². The van der Waals surface area contributed by atoms with Crippen LogP contribution >= 0.6 is 0 Å². The zero-order valence-electron chi connectivity index (χ0n) is 13.7. The summed E-state index contributed by atoms with van der Waals surface area (Å²) >= 11 is 0. The molecule has 0 radical (unpaired) electrons. The lowest BCUT2D eigenvalue weighted by Gasteiger charge is -2.38. The fourth-order valence-electron chi connectivity index (χ4n) is 3.69. The molecule has 24 heavy (non-hydrogen) atoms. The van der Waals surface area contributed by atoms with Crippen LogP contribution in [0.3, 0.4) is 0 Å². The van der Waals surface area contributed by atoms with Gasteiger partial charge in [0.25, 0.3) is 0 Å². The Hall–Kier alpha value is -1.34. The second-order valence-corrected chi connectivity index (χ2v) is 6.88. The first-order chi connectivity index (χ1) is 11.4. The van der Waals surface area contributed by atoms with Gasteiger partial charge in [0, 0.05) is 44.6 Å². The summed E-state index contributed by atoms with van der Waals surface area (Å²) in [5, 5.41) is 9.58. The van der Waals surface area contributed by atoms with Crippen molar-refractivity contribution in [2.24, 2.45) is 5.92 Å². The van der Waals surface area contributed by atoms with Gasteiger partial charge in [-0.05, 0) is 43.7 Å². The molecule has 2 aliphatic rings. The monoisotopic (exact) mass is 343 g/mol. The molecule has 2 saturated heterocycles. The van der Waals surface area contributed by atoms with Crippen LogP contribution in [0.1, 0.15) is 31.4 Å². The molecule has 1 atom stereocenters. The molecule has 0 bridgehead atoms. The molecular weight excluding hydrogens is 319 g/mol. The molecule has 2 fully saturated rings. The summed E-state index contributed by atoms with van der Waals surface area (Å²) in [6.45, 7) is 4.34. The molecule has 1 N–H and O–H groups in total. The number of piperidine rings is 2. The van der Waals surface area contributed by atoms with Gasteiger partial charge in [0.1, 0.15) is 5.69 Å². The maximum absolute atomic E-state index is 12.8. The van der Waals surface area contributed by atoms with Crippen LogP contribution in [0.4, 0.5) is 18.9 Å². The lowest BCUT2D eigenvalue weighted by molar-refractivity contribution is -0.141. The van der Waals surface area contributed by atoms with Crippen molar-refractivity contribution in [2.75, 3.05) is 37.6 Å². The highest BCUT2D eigenvalue weighted by Crippen LogP contribution is 2.31. The summed E-state index contributed by atoms with van der Waals surface area (Å²) in [4.78, 5) is 7.86. The van der Waals surface area contributed by atoms with E-state index in [9.17, 15) is 18.3 Å². The first-order valence-corrected chi connectivity index (χ1v) is 8.60. The van der Waals surface area contributed by atoms with Crippen molar-refractivity contribution >= 4 is 5.69 Å². The Bertz CT molecular complexity index is 544. The van der Waals surface area contributed by atoms with E-state index in [1.165, 1.54) is 6.20 Å². The van der Waals surface area contributed by atoms with Gasteiger partial charge in [-0.2, -0.15) is 13.2 Å². The van der Waals surface area contributed by atoms with Crippen molar-refractivity contribution < 1.29 is 18.3 Å². The summed E-state index contributed by atoms with van der Waals surface area (Å²) in [7, 11) is 0. The van der Waals surface area contributed by atoms with Crippen LogP contribution in [0.25, 0.3) is 0 Å². The molecule has 2 aliphatic heterocycles. The Kier molecular flexibility index (Phi) is 5.30. The van der Waals surface area contributed by atoms with Crippen molar-refractivity contribution in [3.63, 3.8) is 0 Å². The third-order valence-electron chi connectivity index (χ3n) is 4.99. The number of rotatable bonds is 3. The van der Waals surface area contributed by atoms with Gasteiger partial charge in [-0.3, -0.25) is 4.98 Å². The smallest absolute Gasteiger partial charge is 0.393 e. The number of alkyl halides is 3. The predicted molar refractivity (Wildman–Crippen MR) is 85.9 cm³/mol. The number of hydrogen-bond donors (Lipinski definition) is 1. The van der Waals surface area contributed by atoms with Crippen LogP contribution in [0.5, 0.6) is 0 Å². The fourth-order valence-corrected chi connectivity index (χ4v) is 3.69. The molecule has 134 valence electrons. The van der Waals surface area contributed by atoms with E-state index in [1.807, 2.05) is 4.90 Å². The molecule has 3 heterocycles. The number of hydrogen-bond acceptors (Lipinski definition) is 4. The third-order valence-corrected chi connectivity index (χ3v) is 4.99. The second kappa shape index (κ2) is 7.27. The number of halogens is 3. The van der Waals surface area contributed by atoms with E-state index in [2.05, 4.69) is 9.88 Å². The van der Waals surface area contributed by atoms with Crippen LogP contribution in [-0.2, 0) is 6.18 Å². The number of aliphatic hydroxyl groups is 1. The molecule has 3 rings (SSSR count). The largest absolute Gasteiger partial charge is 0.433 e. The number of likely N-dealkylation sites (tertiary alicyclic amines) is 1. The number of pyridine rings is 1. The van der Waals surface area contributed by atoms with E-state index in [1.54, 1.807) is 6.07 Å². The van der Waals surface area contributed by atoms with Gasteiger partial charge in [0.05, 0.1) is 6.10 Å². The highest BCUT2D eigenvalue weighted by molar-refractivity contribution is 5.47. The van der Waals surface area contributed by atoms with E-state index in [0.29, 0.717) is 11.6 Å². The third kappa shape index (κ3) is 4.39. The van der Waals surface area contributed by atoms with Crippen LogP contribution in [0.2, 0.25) is 0 Å².